The highest BCUT2D eigenvalue weighted by molar-refractivity contribution is 9.10. The minimum Gasteiger partial charge on any atom is -0.495 e. The van der Waals surface area contributed by atoms with Gasteiger partial charge in [0.05, 0.1) is 19.4 Å². The van der Waals surface area contributed by atoms with Gasteiger partial charge in [-0.05, 0) is 35.7 Å². The molecule has 0 spiro atoms. The molecule has 4 heteroatoms. The Morgan fingerprint density at radius 1 is 1.10 bits per heavy atom. The maximum Gasteiger partial charge on any atom is 0.143 e. The van der Waals surface area contributed by atoms with E-state index in [4.69, 9.17) is 9.47 Å². The molecule has 2 aromatic rings. The number of aryl methyl sites for hydroxylation is 1. The molecule has 0 radical (unpaired) electrons. The van der Waals surface area contributed by atoms with E-state index in [2.05, 4.69) is 46.4 Å². The van der Waals surface area contributed by atoms with E-state index >= 15 is 0 Å². The summed E-state index contributed by atoms with van der Waals surface area (Å²) in [6.45, 7) is 3.42. The van der Waals surface area contributed by atoms with Crippen LogP contribution in [-0.2, 0) is 17.9 Å². The lowest BCUT2D eigenvalue weighted by atomic mass is 10.1. The third-order valence-corrected chi connectivity index (χ3v) is 3.82. The van der Waals surface area contributed by atoms with E-state index < -0.39 is 0 Å². The second-order valence-electron chi connectivity index (χ2n) is 4.86. The minimum atomic E-state index is 0.619. The van der Waals surface area contributed by atoms with Gasteiger partial charge in [0.2, 0.25) is 0 Å². The van der Waals surface area contributed by atoms with Crippen LogP contribution in [0.4, 0.5) is 5.69 Å². The molecule has 0 unspecified atom stereocenters. The van der Waals surface area contributed by atoms with Gasteiger partial charge in [0, 0.05) is 18.1 Å². The Kier molecular flexibility index (Phi) is 5.65. The topological polar surface area (TPSA) is 30.5 Å². The molecular formula is C17H20BrNO2. The second kappa shape index (κ2) is 7.48. The highest BCUT2D eigenvalue weighted by Crippen LogP contribution is 2.32. The maximum atomic E-state index is 5.46. The molecule has 0 bridgehead atoms. The van der Waals surface area contributed by atoms with Crippen molar-refractivity contribution in [3.05, 3.63) is 57.6 Å². The monoisotopic (exact) mass is 349 g/mol. The van der Waals surface area contributed by atoms with Crippen molar-refractivity contribution in [2.24, 2.45) is 0 Å². The van der Waals surface area contributed by atoms with Gasteiger partial charge in [-0.2, -0.15) is 0 Å². The quantitative estimate of drug-likeness (QED) is 0.831. The zero-order chi connectivity index (χ0) is 15.2. The van der Waals surface area contributed by atoms with Crippen LogP contribution >= 0.6 is 15.9 Å². The fraction of sp³-hybridized carbons (Fsp3) is 0.294. The van der Waals surface area contributed by atoms with Gasteiger partial charge in [-0.15, -0.1) is 0 Å². The van der Waals surface area contributed by atoms with Crippen LogP contribution in [0.3, 0.4) is 0 Å². The van der Waals surface area contributed by atoms with E-state index in [1.807, 2.05) is 18.2 Å². The Hall–Kier alpha value is -1.52. The summed E-state index contributed by atoms with van der Waals surface area (Å²) in [4.78, 5) is 0. The van der Waals surface area contributed by atoms with Crippen molar-refractivity contribution in [3.8, 4) is 5.75 Å². The summed E-state index contributed by atoms with van der Waals surface area (Å²) in [6.07, 6.45) is 0. The third kappa shape index (κ3) is 3.99. The number of nitrogens with one attached hydrogen (secondary N) is 1. The molecule has 0 amide bonds. The van der Waals surface area contributed by atoms with Gasteiger partial charge >= 0.3 is 0 Å². The maximum absolute atomic E-state index is 5.46. The third-order valence-electron chi connectivity index (χ3n) is 3.36. The van der Waals surface area contributed by atoms with Gasteiger partial charge in [-0.3, -0.25) is 0 Å². The molecule has 0 aromatic heterocycles. The van der Waals surface area contributed by atoms with E-state index in [-0.39, 0.29) is 0 Å². The van der Waals surface area contributed by atoms with Crippen LogP contribution in [0.15, 0.2) is 40.9 Å². The van der Waals surface area contributed by atoms with Gasteiger partial charge in [0.15, 0.2) is 0 Å². The van der Waals surface area contributed by atoms with Crippen molar-refractivity contribution in [1.29, 1.82) is 0 Å². The highest BCUT2D eigenvalue weighted by Gasteiger charge is 2.09. The highest BCUT2D eigenvalue weighted by atomic mass is 79.9. The predicted molar refractivity (Wildman–Crippen MR) is 89.9 cm³/mol. The molecule has 0 saturated carbocycles. The first kappa shape index (κ1) is 15.9. The Balaban J connectivity index is 2.21. The van der Waals surface area contributed by atoms with Crippen molar-refractivity contribution in [2.45, 2.75) is 20.1 Å². The Bertz CT molecular complexity index is 614. The first-order valence-electron chi connectivity index (χ1n) is 6.79. The SMILES string of the molecule is COCc1ccccc1CNc1c(C)cc(Br)cc1OC. The van der Waals surface area contributed by atoms with Gasteiger partial charge in [-0.1, -0.05) is 40.2 Å². The summed E-state index contributed by atoms with van der Waals surface area (Å²) >= 11 is 3.49. The number of rotatable bonds is 6. The van der Waals surface area contributed by atoms with Crippen molar-refractivity contribution in [2.75, 3.05) is 19.5 Å². The molecule has 0 heterocycles. The summed E-state index contributed by atoms with van der Waals surface area (Å²) in [6, 6.07) is 12.3. The van der Waals surface area contributed by atoms with Crippen molar-refractivity contribution in [1.82, 2.24) is 0 Å². The van der Waals surface area contributed by atoms with Crippen LogP contribution in [0.2, 0.25) is 0 Å². The Morgan fingerprint density at radius 2 is 1.81 bits per heavy atom. The number of anilines is 1. The van der Waals surface area contributed by atoms with Gasteiger partial charge in [-0.25, -0.2) is 0 Å². The number of methoxy groups -OCH3 is 2. The summed E-state index contributed by atoms with van der Waals surface area (Å²) < 4.78 is 11.7. The molecule has 1 N–H and O–H groups in total. The molecule has 0 aliphatic carbocycles. The smallest absolute Gasteiger partial charge is 0.143 e. The van der Waals surface area contributed by atoms with Crippen LogP contribution in [0.25, 0.3) is 0 Å². The molecule has 0 saturated heterocycles. The molecule has 112 valence electrons. The lowest BCUT2D eigenvalue weighted by Crippen LogP contribution is -2.06. The fourth-order valence-corrected chi connectivity index (χ4v) is 2.86. The second-order valence-corrected chi connectivity index (χ2v) is 5.77. The summed E-state index contributed by atoms with van der Waals surface area (Å²) in [5, 5.41) is 3.47. The van der Waals surface area contributed by atoms with Crippen LogP contribution < -0.4 is 10.1 Å². The Morgan fingerprint density at radius 3 is 2.48 bits per heavy atom. The number of ether oxygens (including phenoxy) is 2. The summed E-state index contributed by atoms with van der Waals surface area (Å²) in [5.41, 5.74) is 4.59. The molecular weight excluding hydrogens is 330 g/mol. The molecule has 2 rings (SSSR count). The fourth-order valence-electron chi connectivity index (χ4n) is 2.31. The first-order chi connectivity index (χ1) is 10.2. The van der Waals surface area contributed by atoms with E-state index in [0.29, 0.717) is 6.61 Å². The van der Waals surface area contributed by atoms with Gasteiger partial charge in [0.1, 0.15) is 5.75 Å². The van der Waals surface area contributed by atoms with Crippen LogP contribution in [-0.4, -0.2) is 14.2 Å². The lowest BCUT2D eigenvalue weighted by molar-refractivity contribution is 0.184. The van der Waals surface area contributed by atoms with Crippen LogP contribution in [0, 0.1) is 6.92 Å². The standard InChI is InChI=1S/C17H20BrNO2/c1-12-8-15(18)9-16(21-3)17(12)19-10-13-6-4-5-7-14(13)11-20-2/h4-9,19H,10-11H2,1-3H3. The molecule has 0 aliphatic heterocycles. The molecule has 3 nitrogen and oxygen atoms in total. The largest absolute Gasteiger partial charge is 0.495 e. The summed E-state index contributed by atoms with van der Waals surface area (Å²) in [7, 11) is 3.40. The molecule has 0 fully saturated rings. The van der Waals surface area contributed by atoms with Gasteiger partial charge in [0.25, 0.3) is 0 Å². The first-order valence-corrected chi connectivity index (χ1v) is 7.58. The van der Waals surface area contributed by atoms with E-state index in [1.54, 1.807) is 14.2 Å². The Labute approximate surface area is 134 Å². The molecule has 21 heavy (non-hydrogen) atoms. The molecule has 2 aromatic carbocycles. The average Bonchev–Trinajstić information content (AvgIpc) is 2.47. The number of hydrogen-bond donors (Lipinski definition) is 1. The predicted octanol–water partition coefficient (Wildman–Crippen LogP) is 4.52. The zero-order valence-corrected chi connectivity index (χ0v) is 14.2. The average molecular weight is 350 g/mol. The minimum absolute atomic E-state index is 0.619. The molecule has 0 atom stereocenters. The van der Waals surface area contributed by atoms with Crippen molar-refractivity contribution >= 4 is 21.6 Å². The number of hydrogen-bond acceptors (Lipinski definition) is 3. The normalized spacial score (nSPS) is 10.5. The van der Waals surface area contributed by atoms with Gasteiger partial charge < -0.3 is 14.8 Å². The number of halogens is 1. The zero-order valence-electron chi connectivity index (χ0n) is 12.6. The lowest BCUT2D eigenvalue weighted by Gasteiger charge is -2.16. The van der Waals surface area contributed by atoms with E-state index in [9.17, 15) is 0 Å². The summed E-state index contributed by atoms with van der Waals surface area (Å²) in [5.74, 6) is 0.839. The van der Waals surface area contributed by atoms with Crippen molar-refractivity contribution < 1.29 is 9.47 Å². The van der Waals surface area contributed by atoms with Crippen LogP contribution in [0.5, 0.6) is 5.75 Å². The van der Waals surface area contributed by atoms with E-state index in [0.717, 1.165) is 28.0 Å². The van der Waals surface area contributed by atoms with Crippen LogP contribution in [0.1, 0.15) is 16.7 Å². The van der Waals surface area contributed by atoms with Crippen molar-refractivity contribution in [3.63, 3.8) is 0 Å². The number of benzene rings is 2. The molecule has 0 aliphatic rings. The van der Waals surface area contributed by atoms with E-state index in [1.165, 1.54) is 11.1 Å².